The Hall–Kier alpha value is -4.01. The van der Waals surface area contributed by atoms with Crippen LogP contribution < -0.4 is 16.8 Å². The molecule has 44 heavy (non-hydrogen) atoms. The Balaban J connectivity index is 1.91. The summed E-state index contributed by atoms with van der Waals surface area (Å²) in [7, 11) is 3.30. The van der Waals surface area contributed by atoms with E-state index in [9.17, 15) is 14.4 Å². The second kappa shape index (κ2) is 16.7. The third kappa shape index (κ3) is 10.6. The molecule has 3 aromatic rings. The number of likely N-dealkylation sites (N-methyl/N-ethyl adjacent to an activating group) is 2. The minimum Gasteiger partial charge on any atom is -0.354 e. The highest BCUT2D eigenvalue weighted by atomic mass is 16.2. The van der Waals surface area contributed by atoms with Crippen LogP contribution >= 0.6 is 0 Å². The highest BCUT2D eigenvalue weighted by Gasteiger charge is 2.34. The van der Waals surface area contributed by atoms with Gasteiger partial charge >= 0.3 is 0 Å². The lowest BCUT2D eigenvalue weighted by atomic mass is 9.98. The van der Waals surface area contributed by atoms with Crippen LogP contribution in [-0.2, 0) is 27.2 Å². The fourth-order valence-electron chi connectivity index (χ4n) is 5.12. The summed E-state index contributed by atoms with van der Waals surface area (Å²) in [5.74, 6) is -0.826. The number of carbonyl (C=O) groups is 3. The van der Waals surface area contributed by atoms with Crippen molar-refractivity contribution in [3.05, 3.63) is 96.1 Å². The Labute approximate surface area is 262 Å². The Morgan fingerprint density at radius 2 is 1.48 bits per heavy atom. The Morgan fingerprint density at radius 1 is 0.818 bits per heavy atom. The van der Waals surface area contributed by atoms with E-state index in [0.717, 1.165) is 41.2 Å². The molecule has 3 amide bonds. The molecule has 236 valence electrons. The van der Waals surface area contributed by atoms with E-state index in [-0.39, 0.29) is 17.7 Å². The lowest BCUT2D eigenvalue weighted by Gasteiger charge is -2.34. The zero-order chi connectivity index (χ0) is 32.1. The maximum absolute atomic E-state index is 14.3. The van der Waals surface area contributed by atoms with Gasteiger partial charge in [0.15, 0.2) is 0 Å². The van der Waals surface area contributed by atoms with Crippen molar-refractivity contribution >= 4 is 28.5 Å². The number of unbranched alkanes of at least 4 members (excludes halogenated alkanes) is 2. The maximum Gasteiger partial charge on any atom is 0.246 e. The maximum atomic E-state index is 14.3. The highest BCUT2D eigenvalue weighted by Crippen LogP contribution is 2.20. The van der Waals surface area contributed by atoms with Crippen molar-refractivity contribution in [3.63, 3.8) is 0 Å². The molecular formula is C36H49N5O3. The van der Waals surface area contributed by atoms with Crippen molar-refractivity contribution in [1.29, 1.82) is 0 Å². The molecule has 0 heterocycles. The molecule has 0 saturated carbocycles. The molecule has 3 aromatic carbocycles. The number of carbonyl (C=O) groups excluding carboxylic acids is 3. The predicted molar refractivity (Wildman–Crippen MR) is 179 cm³/mol. The van der Waals surface area contributed by atoms with Gasteiger partial charge in [-0.25, -0.2) is 0 Å². The normalized spacial score (nSPS) is 13.0. The molecule has 2 atom stereocenters. The summed E-state index contributed by atoms with van der Waals surface area (Å²) < 4.78 is 0. The van der Waals surface area contributed by atoms with Gasteiger partial charge in [0.1, 0.15) is 12.1 Å². The van der Waals surface area contributed by atoms with E-state index < -0.39 is 17.6 Å². The molecule has 0 aliphatic carbocycles. The van der Waals surface area contributed by atoms with Gasteiger partial charge in [-0.3, -0.25) is 14.4 Å². The minimum atomic E-state index is -0.833. The van der Waals surface area contributed by atoms with Crippen LogP contribution in [-0.4, -0.2) is 72.3 Å². The molecule has 0 bridgehead atoms. The average Bonchev–Trinajstić information content (AvgIpc) is 3.01. The molecule has 0 fully saturated rings. The number of rotatable bonds is 16. The molecular weight excluding hydrogens is 550 g/mol. The van der Waals surface area contributed by atoms with Gasteiger partial charge in [0, 0.05) is 39.0 Å². The van der Waals surface area contributed by atoms with Crippen LogP contribution in [0.15, 0.2) is 84.9 Å². The number of amides is 3. The minimum absolute atomic E-state index is 0.221. The zero-order valence-corrected chi connectivity index (χ0v) is 26.7. The van der Waals surface area contributed by atoms with Gasteiger partial charge < -0.3 is 26.6 Å². The number of hydrogen-bond donors (Lipinski definition) is 3. The second-order valence-corrected chi connectivity index (χ2v) is 12.2. The summed E-state index contributed by atoms with van der Waals surface area (Å²) in [6.07, 6.45) is 7.02. The smallest absolute Gasteiger partial charge is 0.246 e. The molecule has 0 radical (unpaired) electrons. The van der Waals surface area contributed by atoms with E-state index in [1.54, 1.807) is 20.2 Å². The zero-order valence-electron chi connectivity index (χ0n) is 26.7. The summed E-state index contributed by atoms with van der Waals surface area (Å²) in [5.41, 5.74) is 13.1. The number of nitrogens with zero attached hydrogens (tertiary/aromatic N) is 2. The van der Waals surface area contributed by atoms with Crippen LogP contribution in [0.1, 0.15) is 50.7 Å². The molecule has 0 saturated heterocycles. The van der Waals surface area contributed by atoms with Crippen LogP contribution in [0.3, 0.4) is 0 Å². The van der Waals surface area contributed by atoms with Crippen molar-refractivity contribution in [2.45, 2.75) is 70.0 Å². The first-order valence-electron chi connectivity index (χ1n) is 15.5. The van der Waals surface area contributed by atoms with E-state index in [1.807, 2.05) is 80.6 Å². The Bertz CT molecular complexity index is 1400. The summed E-state index contributed by atoms with van der Waals surface area (Å²) >= 11 is 0. The lowest BCUT2D eigenvalue weighted by molar-refractivity contribution is -0.146. The van der Waals surface area contributed by atoms with Gasteiger partial charge in [-0.2, -0.15) is 0 Å². The van der Waals surface area contributed by atoms with Crippen molar-refractivity contribution in [2.24, 2.45) is 11.5 Å². The van der Waals surface area contributed by atoms with E-state index >= 15 is 0 Å². The number of nitrogens with two attached hydrogens (primary N) is 2. The monoisotopic (exact) mass is 599 g/mol. The van der Waals surface area contributed by atoms with Gasteiger partial charge in [0.25, 0.3) is 0 Å². The number of benzene rings is 3. The van der Waals surface area contributed by atoms with Gasteiger partial charge in [-0.15, -0.1) is 0 Å². The van der Waals surface area contributed by atoms with Crippen LogP contribution in [0.5, 0.6) is 0 Å². The molecule has 3 rings (SSSR count). The van der Waals surface area contributed by atoms with Crippen LogP contribution in [0.4, 0.5) is 0 Å². The topological polar surface area (TPSA) is 122 Å². The van der Waals surface area contributed by atoms with Crippen molar-refractivity contribution in [1.82, 2.24) is 15.1 Å². The molecule has 0 aliphatic heterocycles. The first kappa shape index (κ1) is 34.5. The average molecular weight is 600 g/mol. The molecule has 5 N–H and O–H groups in total. The SMILES string of the molecule is CN(C(=O)/C=C/CC(C)(C)N)[C@H](Cc1ccc2ccccc2c1)C(=O)N(C)[C@H](Cc1ccccc1)C(=O)NCCCCCN. The second-order valence-electron chi connectivity index (χ2n) is 12.2. The first-order valence-corrected chi connectivity index (χ1v) is 15.5. The molecule has 8 nitrogen and oxygen atoms in total. The summed E-state index contributed by atoms with van der Waals surface area (Å²) in [6.45, 7) is 4.91. The summed E-state index contributed by atoms with van der Waals surface area (Å²) in [4.78, 5) is 44.2. The first-order chi connectivity index (χ1) is 21.0. The van der Waals surface area contributed by atoms with Crippen LogP contribution in [0, 0.1) is 0 Å². The summed E-state index contributed by atoms with van der Waals surface area (Å²) in [6, 6.07) is 22.2. The van der Waals surface area contributed by atoms with E-state index in [1.165, 1.54) is 15.9 Å². The third-order valence-corrected chi connectivity index (χ3v) is 7.82. The number of fused-ring (bicyclic) bond motifs is 1. The van der Waals surface area contributed by atoms with Crippen molar-refractivity contribution in [3.8, 4) is 0 Å². The molecule has 0 spiro atoms. The number of hydrogen-bond acceptors (Lipinski definition) is 5. The quantitative estimate of drug-likeness (QED) is 0.168. The molecule has 0 aromatic heterocycles. The molecule has 0 aliphatic rings. The van der Waals surface area contributed by atoms with Gasteiger partial charge in [-0.05, 0) is 67.6 Å². The van der Waals surface area contributed by atoms with Crippen molar-refractivity contribution in [2.75, 3.05) is 27.2 Å². The largest absolute Gasteiger partial charge is 0.354 e. The highest BCUT2D eigenvalue weighted by molar-refractivity contribution is 5.95. The molecule has 0 unspecified atom stereocenters. The van der Waals surface area contributed by atoms with E-state index in [4.69, 9.17) is 11.5 Å². The number of nitrogens with one attached hydrogen (secondary N) is 1. The van der Waals surface area contributed by atoms with Gasteiger partial charge in [-0.1, -0.05) is 85.3 Å². The van der Waals surface area contributed by atoms with Crippen molar-refractivity contribution < 1.29 is 14.4 Å². The van der Waals surface area contributed by atoms with E-state index in [2.05, 4.69) is 11.4 Å². The predicted octanol–water partition coefficient (Wildman–Crippen LogP) is 4.21. The standard InChI is InChI=1S/C36H49N5O3/c1-36(2,38)21-13-18-33(42)40(3)32(26-28-19-20-29-16-9-10-17-30(29)24-28)35(44)41(4)31(25-27-14-7-5-8-15-27)34(43)39-23-12-6-11-22-37/h5,7-10,13-20,24,31-32H,6,11-12,21-23,25-26,37-38H2,1-4H3,(H,39,43)/b18-13+/t31-,32-/m1/s1. The summed E-state index contributed by atoms with van der Waals surface area (Å²) in [5, 5.41) is 5.17. The van der Waals surface area contributed by atoms with Crippen LogP contribution in [0.2, 0.25) is 0 Å². The van der Waals surface area contributed by atoms with Gasteiger partial charge in [0.05, 0.1) is 0 Å². The third-order valence-electron chi connectivity index (χ3n) is 7.82. The van der Waals surface area contributed by atoms with E-state index in [0.29, 0.717) is 32.4 Å². The fraction of sp³-hybridized carbons (Fsp3) is 0.417. The van der Waals surface area contributed by atoms with Crippen LogP contribution in [0.25, 0.3) is 10.8 Å². The Morgan fingerprint density at radius 3 is 2.16 bits per heavy atom. The molecule has 8 heteroatoms. The Kier molecular flexibility index (Phi) is 13.1. The van der Waals surface area contributed by atoms with Gasteiger partial charge in [0.2, 0.25) is 17.7 Å². The lowest BCUT2D eigenvalue weighted by Crippen LogP contribution is -2.56. The fourth-order valence-corrected chi connectivity index (χ4v) is 5.12.